The molecule has 156 valence electrons. The highest BCUT2D eigenvalue weighted by Crippen LogP contribution is 2.41. The second kappa shape index (κ2) is 9.19. The number of ether oxygens (including phenoxy) is 1. The van der Waals surface area contributed by atoms with Crippen LogP contribution in [0.1, 0.15) is 56.5 Å². The molecule has 0 unspecified atom stereocenters. The first-order chi connectivity index (χ1) is 14.1. The van der Waals surface area contributed by atoms with Gasteiger partial charge in [-0.2, -0.15) is 0 Å². The number of likely N-dealkylation sites (tertiary alicyclic amines) is 1. The number of piperidine rings is 1. The second-order valence-electron chi connectivity index (χ2n) is 8.20. The van der Waals surface area contributed by atoms with E-state index in [0.717, 1.165) is 54.4 Å². The average molecular weight is 431 g/mol. The van der Waals surface area contributed by atoms with Gasteiger partial charge in [-0.05, 0) is 68.0 Å². The molecule has 29 heavy (non-hydrogen) atoms. The number of thioether (sulfide) groups is 1. The maximum absolute atomic E-state index is 11.2. The molecule has 2 aliphatic rings. The van der Waals surface area contributed by atoms with E-state index in [1.165, 1.54) is 42.3 Å². The van der Waals surface area contributed by atoms with Crippen molar-refractivity contribution >= 4 is 28.2 Å². The molecule has 0 atom stereocenters. The van der Waals surface area contributed by atoms with Crippen LogP contribution in [0.4, 0.5) is 0 Å². The summed E-state index contributed by atoms with van der Waals surface area (Å²) in [5.74, 6) is 1.73. The second-order valence-corrected chi connectivity index (χ2v) is 10.5. The fourth-order valence-corrected chi connectivity index (χ4v) is 5.79. The fourth-order valence-electron chi connectivity index (χ4n) is 4.27. The lowest BCUT2D eigenvalue weighted by atomic mass is 9.83. The van der Waals surface area contributed by atoms with Gasteiger partial charge in [-0.3, -0.25) is 4.79 Å². The van der Waals surface area contributed by atoms with Gasteiger partial charge in [0.2, 0.25) is 0 Å². The number of fused-ring (bicyclic) bond motifs is 1. The standard InChI is InChI=1S/C23H30N2O2S2/c1-3-4-11-25-12-9-23(10-13-25)8-7-18-14-19(5-6-20(18)27-23)21-15-24-22(29-21)16-28-17(2)26/h5-6,14-15H,3-4,7-13,16H2,1-2H3. The van der Waals surface area contributed by atoms with Crippen molar-refractivity contribution in [2.75, 3.05) is 19.6 Å². The number of rotatable bonds is 6. The number of thiazole rings is 1. The molecule has 1 aromatic heterocycles. The first-order valence-corrected chi connectivity index (χ1v) is 12.5. The zero-order valence-electron chi connectivity index (χ0n) is 17.4. The minimum absolute atomic E-state index is 0.0405. The molecule has 4 rings (SSSR count). The van der Waals surface area contributed by atoms with E-state index in [1.807, 2.05) is 6.20 Å². The molecule has 2 aromatic rings. The number of hydrogen-bond acceptors (Lipinski definition) is 6. The van der Waals surface area contributed by atoms with Crippen LogP contribution in [0.2, 0.25) is 0 Å². The van der Waals surface area contributed by atoms with Crippen molar-refractivity contribution in [2.24, 2.45) is 0 Å². The first kappa shape index (κ1) is 20.9. The van der Waals surface area contributed by atoms with Gasteiger partial charge in [0, 0.05) is 26.2 Å². The highest BCUT2D eigenvalue weighted by atomic mass is 32.2. The lowest BCUT2D eigenvalue weighted by molar-refractivity contribution is -0.109. The molecule has 0 aliphatic carbocycles. The largest absolute Gasteiger partial charge is 0.487 e. The molecule has 2 aliphatic heterocycles. The third-order valence-electron chi connectivity index (χ3n) is 6.07. The summed E-state index contributed by atoms with van der Waals surface area (Å²) in [4.78, 5) is 19.4. The van der Waals surface area contributed by atoms with Gasteiger partial charge in [-0.25, -0.2) is 4.98 Å². The maximum atomic E-state index is 11.2. The minimum atomic E-state index is 0.0405. The molecule has 4 nitrogen and oxygen atoms in total. The van der Waals surface area contributed by atoms with Gasteiger partial charge in [0.15, 0.2) is 5.12 Å². The topological polar surface area (TPSA) is 42.4 Å². The van der Waals surface area contributed by atoms with Crippen LogP contribution in [0.25, 0.3) is 10.4 Å². The Balaban J connectivity index is 1.41. The number of carbonyl (C=O) groups is 1. The predicted molar refractivity (Wildman–Crippen MR) is 122 cm³/mol. The summed E-state index contributed by atoms with van der Waals surface area (Å²) >= 11 is 2.99. The van der Waals surface area contributed by atoms with Gasteiger partial charge in [-0.15, -0.1) is 11.3 Å². The third kappa shape index (κ3) is 5.04. The quantitative estimate of drug-likeness (QED) is 0.601. The SMILES string of the molecule is CCCCN1CCC2(CCc3cc(-c4cnc(CSC(C)=O)s4)ccc3O2)CC1. The average Bonchev–Trinajstić information content (AvgIpc) is 3.21. The van der Waals surface area contributed by atoms with Crippen molar-refractivity contribution in [3.8, 4) is 16.2 Å². The van der Waals surface area contributed by atoms with E-state index >= 15 is 0 Å². The van der Waals surface area contributed by atoms with Crippen molar-refractivity contribution in [1.82, 2.24) is 9.88 Å². The number of hydrogen-bond donors (Lipinski definition) is 0. The van der Waals surface area contributed by atoms with Crippen LogP contribution in [0.5, 0.6) is 5.75 Å². The van der Waals surface area contributed by atoms with E-state index in [1.54, 1.807) is 18.3 Å². The van der Waals surface area contributed by atoms with E-state index in [2.05, 4.69) is 35.0 Å². The number of nitrogens with zero attached hydrogens (tertiary/aromatic N) is 2. The fraction of sp³-hybridized carbons (Fsp3) is 0.565. The van der Waals surface area contributed by atoms with E-state index < -0.39 is 0 Å². The van der Waals surface area contributed by atoms with E-state index in [9.17, 15) is 4.79 Å². The molecule has 6 heteroatoms. The van der Waals surface area contributed by atoms with Crippen LogP contribution in [0, 0.1) is 0 Å². The van der Waals surface area contributed by atoms with Crippen molar-refractivity contribution in [1.29, 1.82) is 0 Å². The summed E-state index contributed by atoms with van der Waals surface area (Å²) < 4.78 is 6.59. The van der Waals surface area contributed by atoms with Gasteiger partial charge in [0.1, 0.15) is 16.4 Å². The third-order valence-corrected chi connectivity index (χ3v) is 8.12. The lowest BCUT2D eigenvalue weighted by Crippen LogP contribution is -2.49. The maximum Gasteiger partial charge on any atom is 0.186 e. The number of aryl methyl sites for hydroxylation is 1. The van der Waals surface area contributed by atoms with Gasteiger partial charge in [0.05, 0.1) is 10.6 Å². The summed E-state index contributed by atoms with van der Waals surface area (Å²) in [7, 11) is 0. The van der Waals surface area contributed by atoms with Crippen LogP contribution < -0.4 is 4.74 Å². The molecular weight excluding hydrogens is 400 g/mol. The number of unbranched alkanes of at least 4 members (excludes halogenated alkanes) is 1. The van der Waals surface area contributed by atoms with Crippen LogP contribution in [0.15, 0.2) is 24.4 Å². The van der Waals surface area contributed by atoms with Crippen LogP contribution >= 0.6 is 23.1 Å². The summed E-state index contributed by atoms with van der Waals surface area (Å²) in [6.07, 6.45) is 8.99. The van der Waals surface area contributed by atoms with Gasteiger partial charge in [-0.1, -0.05) is 25.1 Å². The molecular formula is C23H30N2O2S2. The van der Waals surface area contributed by atoms with Gasteiger partial charge < -0.3 is 9.64 Å². The van der Waals surface area contributed by atoms with Gasteiger partial charge in [0.25, 0.3) is 0 Å². The lowest BCUT2D eigenvalue weighted by Gasteiger charge is -2.44. The van der Waals surface area contributed by atoms with Crippen LogP contribution in [-0.2, 0) is 17.0 Å². The van der Waals surface area contributed by atoms with Crippen molar-refractivity contribution < 1.29 is 9.53 Å². The summed E-state index contributed by atoms with van der Waals surface area (Å²) in [5, 5.41) is 1.14. The number of benzene rings is 1. The summed E-state index contributed by atoms with van der Waals surface area (Å²) in [5.41, 5.74) is 2.56. The Hall–Kier alpha value is -1.37. The monoisotopic (exact) mass is 430 g/mol. The molecule has 0 saturated carbocycles. The molecule has 1 fully saturated rings. The Morgan fingerprint density at radius 2 is 2.14 bits per heavy atom. The Labute approximate surface area is 182 Å². The summed E-state index contributed by atoms with van der Waals surface area (Å²) in [6, 6.07) is 6.58. The van der Waals surface area contributed by atoms with Crippen molar-refractivity contribution in [3.63, 3.8) is 0 Å². The van der Waals surface area contributed by atoms with Crippen molar-refractivity contribution in [2.45, 2.75) is 63.7 Å². The van der Waals surface area contributed by atoms with Crippen LogP contribution in [0.3, 0.4) is 0 Å². The molecule has 0 radical (unpaired) electrons. The Bertz CT molecular complexity index is 856. The molecule has 0 N–H and O–H groups in total. The zero-order valence-corrected chi connectivity index (χ0v) is 19.0. The molecule has 0 amide bonds. The Morgan fingerprint density at radius 3 is 2.90 bits per heavy atom. The smallest absolute Gasteiger partial charge is 0.186 e. The highest BCUT2D eigenvalue weighted by Gasteiger charge is 2.39. The van der Waals surface area contributed by atoms with E-state index in [0.29, 0.717) is 5.75 Å². The molecule has 0 bridgehead atoms. The molecule has 3 heterocycles. The van der Waals surface area contributed by atoms with Crippen molar-refractivity contribution in [3.05, 3.63) is 35.0 Å². The number of carbonyl (C=O) groups excluding carboxylic acids is 1. The minimum Gasteiger partial charge on any atom is -0.487 e. The van der Waals surface area contributed by atoms with E-state index in [4.69, 9.17) is 4.74 Å². The van der Waals surface area contributed by atoms with E-state index in [-0.39, 0.29) is 10.7 Å². The Kier molecular flexibility index (Phi) is 6.62. The first-order valence-electron chi connectivity index (χ1n) is 10.7. The molecule has 1 aromatic carbocycles. The number of aromatic nitrogens is 1. The highest BCUT2D eigenvalue weighted by molar-refractivity contribution is 8.12. The van der Waals surface area contributed by atoms with Crippen LogP contribution in [-0.4, -0.2) is 40.2 Å². The molecule has 1 spiro atoms. The predicted octanol–water partition coefficient (Wildman–Crippen LogP) is 5.55. The molecule has 1 saturated heterocycles. The Morgan fingerprint density at radius 1 is 1.31 bits per heavy atom. The summed E-state index contributed by atoms with van der Waals surface area (Å²) in [6.45, 7) is 7.42. The van der Waals surface area contributed by atoms with Gasteiger partial charge >= 0.3 is 0 Å². The normalized spacial score (nSPS) is 18.4. The zero-order chi connectivity index (χ0) is 20.3.